The predicted octanol–water partition coefficient (Wildman–Crippen LogP) is 4.50. The predicted molar refractivity (Wildman–Crippen MR) is 205 cm³/mol. The molecular formula is C40H64N2O11S. The summed E-state index contributed by atoms with van der Waals surface area (Å²) in [4.78, 5) is 43.3. The number of rotatable bonds is 9. The Hall–Kier alpha value is -2.46. The minimum absolute atomic E-state index is 0.0943. The molecule has 1 aromatic carbocycles. The van der Waals surface area contributed by atoms with Gasteiger partial charge in [0.25, 0.3) is 0 Å². The fourth-order valence-electron chi connectivity index (χ4n) is 8.81. The monoisotopic (exact) mass is 780 g/mol. The lowest BCUT2D eigenvalue weighted by molar-refractivity contribution is -0.299. The number of thioether (sulfide) groups is 1. The fraction of sp³-hybridized carbons (Fsp3) is 0.775. The van der Waals surface area contributed by atoms with Gasteiger partial charge in [0.15, 0.2) is 18.0 Å². The lowest BCUT2D eigenvalue weighted by Gasteiger charge is -2.48. The number of carbonyl (C=O) groups is 3. The van der Waals surface area contributed by atoms with Gasteiger partial charge < -0.3 is 49.3 Å². The molecule has 3 aliphatic heterocycles. The summed E-state index contributed by atoms with van der Waals surface area (Å²) in [5.41, 5.74) is 4.61. The van der Waals surface area contributed by atoms with Crippen LogP contribution in [0.5, 0.6) is 0 Å². The molecule has 1 aromatic rings. The minimum atomic E-state index is -1.68. The van der Waals surface area contributed by atoms with Crippen molar-refractivity contribution >= 4 is 29.9 Å². The Balaban J connectivity index is 1.85. The zero-order valence-electron chi connectivity index (χ0n) is 33.8. The molecule has 3 fully saturated rings. The maximum Gasteiger partial charge on any atom is 0.509 e. The number of esters is 2. The number of fused-ring (bicyclic) bond motifs is 1. The van der Waals surface area contributed by atoms with Gasteiger partial charge in [-0.3, -0.25) is 9.59 Å². The number of ether oxygens (including phenoxy) is 6. The Bertz CT molecular complexity index is 1420. The summed E-state index contributed by atoms with van der Waals surface area (Å²) in [5, 5.41) is 24.1. The van der Waals surface area contributed by atoms with Crippen molar-refractivity contribution in [2.75, 3.05) is 26.1 Å². The Morgan fingerprint density at radius 1 is 1.07 bits per heavy atom. The second-order valence-corrected chi connectivity index (χ2v) is 17.4. The second kappa shape index (κ2) is 18.2. The van der Waals surface area contributed by atoms with E-state index in [1.807, 2.05) is 83.3 Å². The first-order valence-corrected chi connectivity index (χ1v) is 20.6. The van der Waals surface area contributed by atoms with Gasteiger partial charge in [0.1, 0.15) is 18.3 Å². The van der Waals surface area contributed by atoms with Crippen molar-refractivity contribution in [1.29, 1.82) is 0 Å². The van der Waals surface area contributed by atoms with Gasteiger partial charge in [0, 0.05) is 29.7 Å². The molecule has 0 bridgehead atoms. The number of aliphatic hydroxyl groups is 2. The van der Waals surface area contributed by atoms with Crippen LogP contribution in [0.1, 0.15) is 86.1 Å². The molecule has 306 valence electrons. The number of benzene rings is 1. The number of likely N-dealkylation sites (N-methyl/N-ethyl adjacent to an activating group) is 1. The third-order valence-corrected chi connectivity index (χ3v) is 12.6. The zero-order chi connectivity index (χ0) is 40.3. The highest BCUT2D eigenvalue weighted by Gasteiger charge is 2.59. The molecule has 0 aromatic heterocycles. The van der Waals surface area contributed by atoms with Gasteiger partial charge >= 0.3 is 18.1 Å². The van der Waals surface area contributed by atoms with Crippen LogP contribution in [-0.4, -0.2) is 126 Å². The lowest BCUT2D eigenvalue weighted by atomic mass is 9.72. The SMILES string of the molecule is CCC1OC(=O)[C@H](C)[C@@H](OC(=O)C(CSC)c2ccccc2)[C@H](C)[C@@H](O[C@@H]2O[C@H](C)C[C@H](N(C)C)[C@H]2O)[C@@](C)(O)C[C@@H](C)[C@H](N)[C@H](C)[C@H]2OC(=O)O[C@]12C. The summed E-state index contributed by atoms with van der Waals surface area (Å²) in [6.45, 7) is 14.1. The second-order valence-electron chi connectivity index (χ2n) is 16.5. The van der Waals surface area contributed by atoms with Gasteiger partial charge in [-0.15, -0.1) is 0 Å². The van der Waals surface area contributed by atoms with Gasteiger partial charge in [0.2, 0.25) is 0 Å². The van der Waals surface area contributed by atoms with Gasteiger partial charge in [0.05, 0.1) is 29.6 Å². The van der Waals surface area contributed by atoms with E-state index in [1.54, 1.807) is 27.7 Å². The van der Waals surface area contributed by atoms with Crippen LogP contribution in [0.2, 0.25) is 0 Å². The third-order valence-electron chi connectivity index (χ3n) is 11.9. The summed E-state index contributed by atoms with van der Waals surface area (Å²) in [7, 11) is 3.74. The molecule has 2 unspecified atom stereocenters. The molecule has 3 saturated heterocycles. The van der Waals surface area contributed by atoms with E-state index >= 15 is 0 Å². The van der Waals surface area contributed by atoms with Crippen LogP contribution in [0, 0.1) is 23.7 Å². The Morgan fingerprint density at radius 3 is 2.31 bits per heavy atom. The number of aliphatic hydroxyl groups excluding tert-OH is 1. The van der Waals surface area contributed by atoms with E-state index < -0.39 is 95.8 Å². The quantitative estimate of drug-likeness (QED) is 0.236. The van der Waals surface area contributed by atoms with Crippen molar-refractivity contribution in [3.63, 3.8) is 0 Å². The maximum absolute atomic E-state index is 14.3. The van der Waals surface area contributed by atoms with Gasteiger partial charge in [-0.05, 0) is 78.8 Å². The number of carbonyl (C=O) groups excluding carboxylic acids is 3. The average Bonchev–Trinajstić information content (AvgIpc) is 3.43. The number of nitrogens with zero attached hydrogens (tertiary/aromatic N) is 1. The molecule has 4 N–H and O–H groups in total. The van der Waals surface area contributed by atoms with Crippen LogP contribution in [0.25, 0.3) is 0 Å². The zero-order valence-corrected chi connectivity index (χ0v) is 34.6. The van der Waals surface area contributed by atoms with Crippen molar-refractivity contribution in [2.24, 2.45) is 29.4 Å². The molecular weight excluding hydrogens is 717 g/mol. The first-order chi connectivity index (χ1) is 25.3. The highest BCUT2D eigenvalue weighted by molar-refractivity contribution is 7.98. The van der Waals surface area contributed by atoms with Crippen molar-refractivity contribution in [3.05, 3.63) is 35.9 Å². The molecule has 0 saturated carbocycles. The summed E-state index contributed by atoms with van der Waals surface area (Å²) >= 11 is 1.49. The Morgan fingerprint density at radius 2 is 1.72 bits per heavy atom. The van der Waals surface area contributed by atoms with E-state index in [4.69, 9.17) is 34.2 Å². The molecule has 0 amide bonds. The fourth-order valence-corrected chi connectivity index (χ4v) is 9.48. The van der Waals surface area contributed by atoms with Crippen LogP contribution >= 0.6 is 11.8 Å². The molecule has 13 nitrogen and oxygen atoms in total. The molecule has 4 rings (SSSR count). The normalized spacial score (nSPS) is 41.5. The molecule has 0 aliphatic carbocycles. The number of cyclic esters (lactones) is 1. The summed E-state index contributed by atoms with van der Waals surface area (Å²) in [6, 6.07) is 8.36. The highest BCUT2D eigenvalue weighted by Crippen LogP contribution is 2.43. The highest BCUT2D eigenvalue weighted by atomic mass is 32.2. The van der Waals surface area contributed by atoms with Crippen LogP contribution in [0.15, 0.2) is 30.3 Å². The number of hydrogen-bond acceptors (Lipinski definition) is 14. The van der Waals surface area contributed by atoms with E-state index in [1.165, 1.54) is 11.8 Å². The van der Waals surface area contributed by atoms with E-state index in [0.29, 0.717) is 12.2 Å². The molecule has 14 heteroatoms. The Labute approximate surface area is 325 Å². The molecule has 3 aliphatic rings. The molecule has 16 atom stereocenters. The van der Waals surface area contributed by atoms with E-state index in [9.17, 15) is 24.6 Å². The van der Waals surface area contributed by atoms with Crippen molar-refractivity contribution in [1.82, 2.24) is 4.90 Å². The van der Waals surface area contributed by atoms with Crippen LogP contribution < -0.4 is 5.73 Å². The molecule has 0 spiro atoms. The molecule has 0 radical (unpaired) electrons. The van der Waals surface area contributed by atoms with E-state index in [-0.39, 0.29) is 30.9 Å². The van der Waals surface area contributed by atoms with Crippen LogP contribution in [0.3, 0.4) is 0 Å². The minimum Gasteiger partial charge on any atom is -0.461 e. The molecule has 54 heavy (non-hydrogen) atoms. The van der Waals surface area contributed by atoms with E-state index in [2.05, 4.69) is 0 Å². The summed E-state index contributed by atoms with van der Waals surface area (Å²) in [6.07, 6.45) is -4.73. The van der Waals surface area contributed by atoms with Crippen molar-refractivity contribution in [3.8, 4) is 0 Å². The van der Waals surface area contributed by atoms with Gasteiger partial charge in [-0.2, -0.15) is 11.8 Å². The van der Waals surface area contributed by atoms with Crippen LogP contribution in [-0.2, 0) is 38.0 Å². The van der Waals surface area contributed by atoms with Crippen LogP contribution in [0.4, 0.5) is 4.79 Å². The smallest absolute Gasteiger partial charge is 0.461 e. The first-order valence-electron chi connectivity index (χ1n) is 19.2. The largest absolute Gasteiger partial charge is 0.509 e. The lowest BCUT2D eigenvalue weighted by Crippen LogP contribution is -2.60. The summed E-state index contributed by atoms with van der Waals surface area (Å²) < 4.78 is 37.0. The average molecular weight is 781 g/mol. The Kier molecular flexibility index (Phi) is 14.9. The van der Waals surface area contributed by atoms with Crippen molar-refractivity contribution < 1.29 is 53.0 Å². The van der Waals surface area contributed by atoms with Gasteiger partial charge in [-0.1, -0.05) is 58.0 Å². The van der Waals surface area contributed by atoms with E-state index in [0.717, 1.165) is 5.56 Å². The molecule has 3 heterocycles. The van der Waals surface area contributed by atoms with Crippen molar-refractivity contribution in [2.45, 2.75) is 147 Å². The van der Waals surface area contributed by atoms with Gasteiger partial charge in [-0.25, -0.2) is 4.79 Å². The number of hydrogen-bond donors (Lipinski definition) is 3. The third kappa shape index (κ3) is 9.55. The topological polar surface area (TPSA) is 176 Å². The maximum atomic E-state index is 14.3. The summed E-state index contributed by atoms with van der Waals surface area (Å²) in [5.74, 6) is -4.30. The standard InChI is InChI=1S/C40H64N2O11S/c1-12-29-40(8)34(52-38(46)53-40)23(4)30(41)21(2)19-39(7,47)33(51-37-31(43)28(42(9)10)18-22(3)48-37)24(5)32(25(6)35(44)49-29)50-36(45)27(20-54-11)26-16-14-13-15-17-26/h13-17,21-25,27-34,37,43,47H,12,18-20,41H2,1-11H3/t21-,22-,23+,24+,25-,27?,28+,29?,30+,31-,32+,33-,34-,37+,39+,40-/m1/s1. The first kappa shape index (κ1) is 44.3. The number of nitrogens with two attached hydrogens (primary N) is 1.